The maximum absolute atomic E-state index is 11.5. The molecule has 1 fully saturated rings. The van der Waals surface area contributed by atoms with Gasteiger partial charge >= 0.3 is 18.1 Å². The van der Waals surface area contributed by atoms with E-state index >= 15 is 0 Å². The predicted molar refractivity (Wildman–Crippen MR) is 80.3 cm³/mol. The number of urea groups is 1. The first-order valence-corrected chi connectivity index (χ1v) is 7.90. The second-order valence-corrected chi connectivity index (χ2v) is 6.22. The highest BCUT2D eigenvalue weighted by atomic mass is 32.2. The molecule has 2 aliphatic rings. The van der Waals surface area contributed by atoms with E-state index in [1.807, 2.05) is 5.32 Å². The van der Waals surface area contributed by atoms with Crippen molar-refractivity contribution in [3.8, 4) is 0 Å². The van der Waals surface area contributed by atoms with Crippen LogP contribution >= 0.6 is 11.8 Å². The molecule has 2 aliphatic heterocycles. The number of ether oxygens (including phenoxy) is 1. The fraction of sp³-hybridized carbons (Fsp3) is 0.538. The number of nitrogens with zero attached hydrogens (tertiary/aromatic N) is 1. The monoisotopic (exact) mass is 343 g/mol. The molecule has 9 nitrogen and oxygen atoms in total. The van der Waals surface area contributed by atoms with Gasteiger partial charge in [0.05, 0.1) is 18.9 Å². The highest BCUT2D eigenvalue weighted by Crippen LogP contribution is 2.47. The number of hydrogen-bond acceptors (Lipinski definition) is 6. The van der Waals surface area contributed by atoms with Crippen LogP contribution < -0.4 is 10.6 Å². The number of methoxy groups -OCH3 is 1. The van der Waals surface area contributed by atoms with Gasteiger partial charge in [0.15, 0.2) is 0 Å². The SMILES string of the molecule is COC(=O)NC(=O)NCCCCC1=C(C(=O)O)N2C(=O)C[C@H]2S1. The molecule has 2 heterocycles. The number of fused-ring (bicyclic) bond motifs is 1. The molecule has 0 aromatic rings. The van der Waals surface area contributed by atoms with E-state index in [-0.39, 0.29) is 17.0 Å². The average Bonchev–Trinajstić information content (AvgIpc) is 2.79. The molecule has 0 unspecified atom stereocenters. The molecule has 3 N–H and O–H groups in total. The lowest BCUT2D eigenvalue weighted by Crippen LogP contribution is -2.48. The number of imide groups is 1. The van der Waals surface area contributed by atoms with E-state index in [2.05, 4.69) is 10.1 Å². The summed E-state index contributed by atoms with van der Waals surface area (Å²) >= 11 is 1.42. The number of amides is 4. The molecule has 0 aliphatic carbocycles. The molecular formula is C13H17N3O6S. The number of rotatable bonds is 6. The summed E-state index contributed by atoms with van der Waals surface area (Å²) in [5.41, 5.74) is 0.0904. The lowest BCUT2D eigenvalue weighted by Gasteiger charge is -2.33. The van der Waals surface area contributed by atoms with Gasteiger partial charge in [0.1, 0.15) is 5.70 Å². The second-order valence-electron chi connectivity index (χ2n) is 4.95. The van der Waals surface area contributed by atoms with Crippen LogP contribution in [0.4, 0.5) is 9.59 Å². The van der Waals surface area contributed by atoms with E-state index < -0.39 is 18.1 Å². The Morgan fingerprint density at radius 1 is 1.39 bits per heavy atom. The van der Waals surface area contributed by atoms with Gasteiger partial charge in [-0.1, -0.05) is 0 Å². The van der Waals surface area contributed by atoms with Crippen molar-refractivity contribution in [2.45, 2.75) is 31.1 Å². The normalized spacial score (nSPS) is 19.1. The van der Waals surface area contributed by atoms with Gasteiger partial charge in [0.25, 0.3) is 0 Å². The Bertz CT molecular complexity index is 576. The number of unbranched alkanes of at least 4 members (excludes halogenated alkanes) is 1. The molecule has 1 saturated heterocycles. The van der Waals surface area contributed by atoms with Crippen molar-refractivity contribution in [1.29, 1.82) is 0 Å². The summed E-state index contributed by atoms with van der Waals surface area (Å²) in [5.74, 6) is -1.24. The van der Waals surface area contributed by atoms with Crippen LogP contribution in [-0.4, -0.2) is 53.0 Å². The average molecular weight is 343 g/mol. The van der Waals surface area contributed by atoms with E-state index in [1.54, 1.807) is 0 Å². The van der Waals surface area contributed by atoms with E-state index in [0.717, 1.165) is 7.11 Å². The Morgan fingerprint density at radius 3 is 2.74 bits per heavy atom. The first kappa shape index (κ1) is 17.1. The van der Waals surface area contributed by atoms with E-state index in [0.29, 0.717) is 37.1 Å². The molecular weight excluding hydrogens is 326 g/mol. The Morgan fingerprint density at radius 2 is 2.13 bits per heavy atom. The first-order chi connectivity index (χ1) is 10.9. The number of carbonyl (C=O) groups is 4. The largest absolute Gasteiger partial charge is 0.477 e. The molecule has 10 heteroatoms. The van der Waals surface area contributed by atoms with Crippen LogP contribution in [0.15, 0.2) is 10.6 Å². The van der Waals surface area contributed by atoms with Gasteiger partial charge in [-0.25, -0.2) is 19.7 Å². The molecule has 0 aromatic carbocycles. The third-order valence-electron chi connectivity index (χ3n) is 3.41. The van der Waals surface area contributed by atoms with Crippen LogP contribution in [-0.2, 0) is 14.3 Å². The van der Waals surface area contributed by atoms with Crippen LogP contribution in [0, 0.1) is 0 Å². The minimum absolute atomic E-state index is 0.0763. The van der Waals surface area contributed by atoms with Crippen LogP contribution in [0.1, 0.15) is 25.7 Å². The summed E-state index contributed by atoms with van der Waals surface area (Å²) in [4.78, 5) is 46.8. The minimum Gasteiger partial charge on any atom is -0.477 e. The molecule has 0 aromatic heterocycles. The van der Waals surface area contributed by atoms with Crippen molar-refractivity contribution in [2.75, 3.05) is 13.7 Å². The molecule has 0 radical (unpaired) electrons. The third kappa shape index (κ3) is 3.95. The zero-order valence-electron chi connectivity index (χ0n) is 12.5. The maximum Gasteiger partial charge on any atom is 0.415 e. The quantitative estimate of drug-likeness (QED) is 0.481. The fourth-order valence-corrected chi connectivity index (χ4v) is 3.75. The van der Waals surface area contributed by atoms with Gasteiger partial charge in [-0.05, 0) is 19.3 Å². The lowest BCUT2D eigenvalue weighted by atomic mass is 10.1. The van der Waals surface area contributed by atoms with Gasteiger partial charge in [-0.15, -0.1) is 11.8 Å². The molecule has 0 saturated carbocycles. The number of nitrogens with one attached hydrogen (secondary N) is 2. The molecule has 126 valence electrons. The summed E-state index contributed by atoms with van der Waals surface area (Å²) in [6.45, 7) is 0.343. The van der Waals surface area contributed by atoms with Gasteiger partial charge in [-0.3, -0.25) is 9.69 Å². The van der Waals surface area contributed by atoms with Gasteiger partial charge in [-0.2, -0.15) is 0 Å². The minimum atomic E-state index is -1.08. The maximum atomic E-state index is 11.5. The lowest BCUT2D eigenvalue weighted by molar-refractivity contribution is -0.145. The molecule has 0 spiro atoms. The summed E-state index contributed by atoms with van der Waals surface area (Å²) in [7, 11) is 1.16. The number of hydrogen-bond donors (Lipinski definition) is 3. The molecule has 4 amide bonds. The summed E-state index contributed by atoms with van der Waals surface area (Å²) in [6, 6.07) is -0.646. The first-order valence-electron chi connectivity index (χ1n) is 7.02. The summed E-state index contributed by atoms with van der Waals surface area (Å²) < 4.78 is 4.28. The predicted octanol–water partition coefficient (Wildman–Crippen LogP) is 0.824. The number of β-lactam (4-membered cyclic amide) rings is 1. The smallest absolute Gasteiger partial charge is 0.415 e. The van der Waals surface area contributed by atoms with Crippen molar-refractivity contribution in [2.24, 2.45) is 0 Å². The fourth-order valence-electron chi connectivity index (χ4n) is 2.30. The standard InChI is InChI=1S/C13H17N3O6S/c1-22-13(21)15-12(20)14-5-3-2-4-7-10(11(18)19)16-8(17)6-9(16)23-7/h9H,2-6H2,1H3,(H,18,19)(H2,14,15,20,21)/t9-/m1/s1. The molecule has 23 heavy (non-hydrogen) atoms. The third-order valence-corrected chi connectivity index (χ3v) is 4.74. The van der Waals surface area contributed by atoms with E-state index in [9.17, 15) is 24.3 Å². The summed E-state index contributed by atoms with van der Waals surface area (Å²) in [6.07, 6.45) is 1.35. The van der Waals surface area contributed by atoms with Crippen molar-refractivity contribution < 1.29 is 29.0 Å². The Kier molecular flexibility index (Phi) is 5.48. The Labute approximate surface area is 136 Å². The van der Waals surface area contributed by atoms with Gasteiger partial charge < -0.3 is 15.2 Å². The number of allylic oxidation sites excluding steroid dienone is 1. The van der Waals surface area contributed by atoms with Gasteiger partial charge in [0, 0.05) is 11.4 Å². The van der Waals surface area contributed by atoms with Crippen LogP contribution in [0.2, 0.25) is 0 Å². The van der Waals surface area contributed by atoms with E-state index in [1.165, 1.54) is 16.7 Å². The number of aliphatic carboxylic acids is 1. The number of alkyl carbamates (subject to hydrolysis) is 1. The Hall–Kier alpha value is -2.23. The van der Waals surface area contributed by atoms with Gasteiger partial charge in [0.2, 0.25) is 5.91 Å². The number of carbonyl (C=O) groups excluding carboxylic acids is 3. The summed E-state index contributed by atoms with van der Waals surface area (Å²) in [5, 5.41) is 13.6. The zero-order valence-corrected chi connectivity index (χ0v) is 13.3. The number of thioether (sulfide) groups is 1. The van der Waals surface area contributed by atoms with Crippen molar-refractivity contribution in [3.63, 3.8) is 0 Å². The highest BCUT2D eigenvalue weighted by Gasteiger charge is 2.47. The highest BCUT2D eigenvalue weighted by molar-refractivity contribution is 8.04. The number of carboxylic acids is 1. The van der Waals surface area contributed by atoms with Crippen molar-refractivity contribution >= 4 is 35.8 Å². The topological polar surface area (TPSA) is 125 Å². The van der Waals surface area contributed by atoms with E-state index in [4.69, 9.17) is 0 Å². The van der Waals surface area contributed by atoms with Crippen LogP contribution in [0.5, 0.6) is 0 Å². The Balaban J connectivity index is 1.72. The number of carboxylic acid groups (broad SMARTS) is 1. The molecule has 1 atom stereocenters. The van der Waals surface area contributed by atoms with Crippen LogP contribution in [0.25, 0.3) is 0 Å². The molecule has 0 bridgehead atoms. The van der Waals surface area contributed by atoms with Crippen molar-refractivity contribution in [3.05, 3.63) is 10.6 Å². The van der Waals surface area contributed by atoms with Crippen LogP contribution in [0.3, 0.4) is 0 Å². The molecule has 2 rings (SSSR count). The second kappa shape index (κ2) is 7.36. The van der Waals surface area contributed by atoms with Crippen molar-refractivity contribution in [1.82, 2.24) is 15.5 Å². The zero-order chi connectivity index (χ0) is 17.0.